The molecule has 20 heavy (non-hydrogen) atoms. The Morgan fingerprint density at radius 2 is 2.10 bits per heavy atom. The molecule has 0 bridgehead atoms. The number of nitrogens with two attached hydrogens (primary N) is 2. The van der Waals surface area contributed by atoms with Gasteiger partial charge in [0.1, 0.15) is 5.69 Å². The minimum absolute atomic E-state index is 0.0536. The Hall–Kier alpha value is -2.08. The Labute approximate surface area is 122 Å². The summed E-state index contributed by atoms with van der Waals surface area (Å²) < 4.78 is 0. The molecule has 2 aromatic heterocycles. The Morgan fingerprint density at radius 3 is 2.65 bits per heavy atom. The van der Waals surface area contributed by atoms with Gasteiger partial charge in [0.25, 0.3) is 5.91 Å². The first kappa shape index (κ1) is 14.3. The third kappa shape index (κ3) is 2.91. The van der Waals surface area contributed by atoms with E-state index in [2.05, 4.69) is 30.2 Å². The van der Waals surface area contributed by atoms with Crippen LogP contribution in [0.15, 0.2) is 18.2 Å². The molecule has 0 fully saturated rings. The highest BCUT2D eigenvalue weighted by Gasteiger charge is 2.14. The van der Waals surface area contributed by atoms with Crippen molar-refractivity contribution in [2.45, 2.75) is 26.8 Å². The van der Waals surface area contributed by atoms with E-state index >= 15 is 0 Å². The maximum atomic E-state index is 11.2. The molecule has 1 unspecified atom stereocenters. The summed E-state index contributed by atoms with van der Waals surface area (Å²) >= 11 is 1.75. The summed E-state index contributed by atoms with van der Waals surface area (Å²) in [4.78, 5) is 17.9. The number of anilines is 2. The number of amides is 1. The van der Waals surface area contributed by atoms with Gasteiger partial charge in [0, 0.05) is 9.75 Å². The van der Waals surface area contributed by atoms with E-state index in [0.29, 0.717) is 11.5 Å². The van der Waals surface area contributed by atoms with Crippen molar-refractivity contribution >= 4 is 28.7 Å². The largest absolute Gasteiger partial charge is 0.396 e. The quantitative estimate of drug-likeness (QED) is 0.806. The summed E-state index contributed by atoms with van der Waals surface area (Å²) in [5, 5.41) is 3.24. The van der Waals surface area contributed by atoms with Gasteiger partial charge in [-0.2, -0.15) is 0 Å². The molecule has 0 spiro atoms. The van der Waals surface area contributed by atoms with E-state index in [1.54, 1.807) is 17.4 Å². The molecule has 0 aromatic carbocycles. The van der Waals surface area contributed by atoms with Crippen LogP contribution in [0.3, 0.4) is 0 Å². The number of hydrogen-bond acceptors (Lipinski definition) is 5. The van der Waals surface area contributed by atoms with Gasteiger partial charge in [0.15, 0.2) is 5.82 Å². The molecule has 5 N–H and O–H groups in total. The average molecular weight is 290 g/mol. The van der Waals surface area contributed by atoms with E-state index in [4.69, 9.17) is 11.5 Å². The van der Waals surface area contributed by atoms with Gasteiger partial charge in [-0.25, -0.2) is 4.98 Å². The Balaban J connectivity index is 2.27. The molecule has 2 heterocycles. The van der Waals surface area contributed by atoms with Crippen LogP contribution in [0.1, 0.15) is 38.8 Å². The van der Waals surface area contributed by atoms with E-state index in [1.165, 1.54) is 21.4 Å². The number of nitrogen functional groups attached to an aromatic ring is 1. The maximum absolute atomic E-state index is 11.2. The second-order valence-electron chi connectivity index (χ2n) is 4.73. The Morgan fingerprint density at radius 1 is 1.40 bits per heavy atom. The van der Waals surface area contributed by atoms with Crippen molar-refractivity contribution in [1.82, 2.24) is 4.98 Å². The SMILES string of the molecule is Cc1cc(C(C)Nc2nc(C(N)=O)ccc2N)c(C)s1. The molecule has 2 aromatic rings. The molecular formula is C14H18N4OS. The zero-order chi connectivity index (χ0) is 14.9. The van der Waals surface area contributed by atoms with Gasteiger partial charge in [-0.1, -0.05) is 0 Å². The number of hydrogen-bond donors (Lipinski definition) is 3. The van der Waals surface area contributed by atoms with E-state index in [-0.39, 0.29) is 11.7 Å². The number of aryl methyl sites for hydroxylation is 2. The highest BCUT2D eigenvalue weighted by Crippen LogP contribution is 2.29. The molecule has 6 heteroatoms. The number of carbonyl (C=O) groups excluding carboxylic acids is 1. The molecule has 0 radical (unpaired) electrons. The third-order valence-electron chi connectivity index (χ3n) is 3.08. The second-order valence-corrected chi connectivity index (χ2v) is 6.19. The highest BCUT2D eigenvalue weighted by molar-refractivity contribution is 7.12. The highest BCUT2D eigenvalue weighted by atomic mass is 32.1. The number of thiophene rings is 1. The topological polar surface area (TPSA) is 94.0 Å². The van der Waals surface area contributed by atoms with Crippen molar-refractivity contribution in [3.63, 3.8) is 0 Å². The number of pyridine rings is 1. The molecule has 1 atom stereocenters. The standard InChI is InChI=1S/C14H18N4OS/c1-7-6-10(9(3)20-7)8(2)17-14-11(15)4-5-12(18-14)13(16)19/h4-6,8H,15H2,1-3H3,(H2,16,19)(H,17,18). The fourth-order valence-electron chi connectivity index (χ4n) is 2.09. The molecule has 2 rings (SSSR count). The van der Waals surface area contributed by atoms with E-state index in [1.807, 2.05) is 6.92 Å². The molecule has 0 saturated heterocycles. The van der Waals surface area contributed by atoms with Gasteiger partial charge in [0.05, 0.1) is 11.7 Å². The van der Waals surface area contributed by atoms with Gasteiger partial charge < -0.3 is 16.8 Å². The minimum atomic E-state index is -0.566. The predicted octanol–water partition coefficient (Wildman–Crippen LogP) is 2.61. The number of primary amides is 1. The number of nitrogens with one attached hydrogen (secondary N) is 1. The maximum Gasteiger partial charge on any atom is 0.267 e. The fraction of sp³-hybridized carbons (Fsp3) is 0.286. The van der Waals surface area contributed by atoms with Crippen LogP contribution in [-0.4, -0.2) is 10.9 Å². The number of nitrogens with zero attached hydrogens (tertiary/aromatic N) is 1. The first-order valence-corrected chi connectivity index (χ1v) is 7.10. The van der Waals surface area contributed by atoms with Crippen LogP contribution in [0.2, 0.25) is 0 Å². The van der Waals surface area contributed by atoms with Crippen molar-refractivity contribution in [3.05, 3.63) is 39.2 Å². The third-order valence-corrected chi connectivity index (χ3v) is 4.06. The molecular weight excluding hydrogens is 272 g/mol. The van der Waals surface area contributed by atoms with Gasteiger partial charge in [-0.05, 0) is 44.5 Å². The Bertz CT molecular complexity index is 651. The summed E-state index contributed by atoms with van der Waals surface area (Å²) in [5.74, 6) is -0.0830. The van der Waals surface area contributed by atoms with Gasteiger partial charge >= 0.3 is 0 Å². The molecule has 0 aliphatic heterocycles. The lowest BCUT2D eigenvalue weighted by molar-refractivity contribution is 0.0995. The van der Waals surface area contributed by atoms with Crippen molar-refractivity contribution < 1.29 is 4.79 Å². The average Bonchev–Trinajstić information content (AvgIpc) is 2.71. The van der Waals surface area contributed by atoms with Gasteiger partial charge in [-0.15, -0.1) is 11.3 Å². The van der Waals surface area contributed by atoms with Crippen molar-refractivity contribution in [2.24, 2.45) is 5.73 Å². The van der Waals surface area contributed by atoms with Crippen LogP contribution in [0.5, 0.6) is 0 Å². The van der Waals surface area contributed by atoms with Crippen LogP contribution < -0.4 is 16.8 Å². The molecule has 1 amide bonds. The molecule has 106 valence electrons. The predicted molar refractivity (Wildman–Crippen MR) is 83.0 cm³/mol. The van der Waals surface area contributed by atoms with Crippen molar-refractivity contribution in [3.8, 4) is 0 Å². The fourth-order valence-corrected chi connectivity index (χ4v) is 3.11. The number of rotatable bonds is 4. The van der Waals surface area contributed by atoms with Gasteiger partial charge in [-0.3, -0.25) is 4.79 Å². The summed E-state index contributed by atoms with van der Waals surface area (Å²) in [6.07, 6.45) is 0. The van der Waals surface area contributed by atoms with Crippen LogP contribution in [0.4, 0.5) is 11.5 Å². The van der Waals surface area contributed by atoms with Crippen molar-refractivity contribution in [1.29, 1.82) is 0 Å². The lowest BCUT2D eigenvalue weighted by atomic mass is 10.1. The second kappa shape index (κ2) is 5.50. The zero-order valence-electron chi connectivity index (χ0n) is 11.7. The lowest BCUT2D eigenvalue weighted by Crippen LogP contribution is -2.16. The van der Waals surface area contributed by atoms with Crippen molar-refractivity contribution in [2.75, 3.05) is 11.1 Å². The normalized spacial score (nSPS) is 12.2. The minimum Gasteiger partial charge on any atom is -0.396 e. The smallest absolute Gasteiger partial charge is 0.267 e. The number of carbonyl (C=O) groups is 1. The molecule has 0 saturated carbocycles. The first-order valence-electron chi connectivity index (χ1n) is 6.28. The van der Waals surface area contributed by atoms with E-state index in [0.717, 1.165) is 0 Å². The summed E-state index contributed by atoms with van der Waals surface area (Å²) in [5.41, 5.74) is 13.0. The van der Waals surface area contributed by atoms with Crippen LogP contribution in [-0.2, 0) is 0 Å². The molecule has 0 aliphatic rings. The zero-order valence-corrected chi connectivity index (χ0v) is 12.5. The molecule has 0 aliphatic carbocycles. The van der Waals surface area contributed by atoms with E-state index in [9.17, 15) is 4.79 Å². The summed E-state index contributed by atoms with van der Waals surface area (Å²) in [7, 11) is 0. The summed E-state index contributed by atoms with van der Waals surface area (Å²) in [6, 6.07) is 5.35. The first-order chi connectivity index (χ1) is 9.38. The lowest BCUT2D eigenvalue weighted by Gasteiger charge is -2.16. The summed E-state index contributed by atoms with van der Waals surface area (Å²) in [6.45, 7) is 6.20. The molecule has 5 nitrogen and oxygen atoms in total. The van der Waals surface area contributed by atoms with Gasteiger partial charge in [0.2, 0.25) is 0 Å². The number of aromatic nitrogens is 1. The van der Waals surface area contributed by atoms with E-state index < -0.39 is 5.91 Å². The van der Waals surface area contributed by atoms with Crippen LogP contribution >= 0.6 is 11.3 Å². The Kier molecular flexibility index (Phi) is 3.94. The monoisotopic (exact) mass is 290 g/mol. The van der Waals surface area contributed by atoms with Crippen LogP contribution in [0, 0.1) is 13.8 Å². The van der Waals surface area contributed by atoms with Crippen LogP contribution in [0.25, 0.3) is 0 Å².